The summed E-state index contributed by atoms with van der Waals surface area (Å²) in [4.78, 5) is 2.34. The molecule has 3 rings (SSSR count). The second-order valence-electron chi connectivity index (χ2n) is 5.62. The Morgan fingerprint density at radius 3 is 2.71 bits per heavy atom. The summed E-state index contributed by atoms with van der Waals surface area (Å²) < 4.78 is 0. The van der Waals surface area contributed by atoms with E-state index in [9.17, 15) is 0 Å². The van der Waals surface area contributed by atoms with Crippen LogP contribution >= 0.6 is 0 Å². The largest absolute Gasteiger partial charge is 0.384 e. The summed E-state index contributed by atoms with van der Waals surface area (Å²) in [5.41, 5.74) is 11.5. The summed E-state index contributed by atoms with van der Waals surface area (Å²) in [6, 6.07) is 14.6. The average Bonchev–Trinajstić information content (AvgIpc) is 2.69. The number of fused-ring (bicyclic) bond motifs is 1. The summed E-state index contributed by atoms with van der Waals surface area (Å²) in [6.07, 6.45) is 3.48. The average molecular weight is 279 g/mol. The van der Waals surface area contributed by atoms with Gasteiger partial charge >= 0.3 is 0 Å². The first-order chi connectivity index (χ1) is 10.2. The molecule has 0 bridgehead atoms. The Hall–Kier alpha value is -2.29. The van der Waals surface area contributed by atoms with E-state index in [2.05, 4.69) is 42.2 Å². The number of nitrogens with two attached hydrogens (primary N) is 1. The van der Waals surface area contributed by atoms with Gasteiger partial charge in [-0.15, -0.1) is 0 Å². The van der Waals surface area contributed by atoms with Crippen LogP contribution in [0.25, 0.3) is 0 Å². The minimum absolute atomic E-state index is 0.135. The molecule has 1 aliphatic heterocycles. The Morgan fingerprint density at radius 1 is 1.10 bits per heavy atom. The second kappa shape index (κ2) is 5.60. The highest BCUT2D eigenvalue weighted by molar-refractivity contribution is 6.02. The zero-order valence-corrected chi connectivity index (χ0v) is 12.4. The molecule has 1 aliphatic rings. The highest BCUT2D eigenvalue weighted by Crippen LogP contribution is 2.36. The summed E-state index contributed by atoms with van der Waals surface area (Å²) >= 11 is 0. The van der Waals surface area contributed by atoms with Crippen molar-refractivity contribution >= 4 is 17.2 Å². The molecule has 0 unspecified atom stereocenters. The van der Waals surface area contributed by atoms with E-state index < -0.39 is 0 Å². The molecule has 0 fully saturated rings. The summed E-state index contributed by atoms with van der Waals surface area (Å²) in [5, 5.41) is 7.88. The lowest BCUT2D eigenvalue weighted by Crippen LogP contribution is -2.24. The maximum Gasteiger partial charge on any atom is 0.124 e. The predicted molar refractivity (Wildman–Crippen MR) is 88.6 cm³/mol. The molecule has 3 nitrogen and oxygen atoms in total. The number of benzene rings is 2. The standard InChI is InChI=1S/C18H21N3/c1-13-7-6-10-15(18(19)20)17(13)21-12-5-4-9-14-8-2-3-11-16(14)21/h2-3,6-8,10-11H,4-5,9,12H2,1H3,(H3,19,20). The van der Waals surface area contributed by atoms with Crippen LogP contribution in [-0.2, 0) is 6.42 Å². The number of rotatable bonds is 2. The molecule has 2 aromatic rings. The molecule has 0 radical (unpaired) electrons. The molecule has 0 saturated heterocycles. The van der Waals surface area contributed by atoms with Gasteiger partial charge in [-0.1, -0.05) is 30.3 Å². The molecule has 108 valence electrons. The first kappa shape index (κ1) is 13.7. The van der Waals surface area contributed by atoms with Crippen molar-refractivity contribution in [1.82, 2.24) is 0 Å². The molecular weight excluding hydrogens is 258 g/mol. The van der Waals surface area contributed by atoms with Crippen LogP contribution in [0, 0.1) is 12.3 Å². The van der Waals surface area contributed by atoms with Gasteiger partial charge in [-0.05, 0) is 49.4 Å². The van der Waals surface area contributed by atoms with Crippen molar-refractivity contribution in [1.29, 1.82) is 5.41 Å². The third-order valence-electron chi connectivity index (χ3n) is 4.16. The van der Waals surface area contributed by atoms with Crippen LogP contribution in [0.1, 0.15) is 29.5 Å². The number of nitrogens with one attached hydrogen (secondary N) is 1. The zero-order chi connectivity index (χ0) is 14.8. The molecule has 3 N–H and O–H groups in total. The van der Waals surface area contributed by atoms with Crippen molar-refractivity contribution in [2.24, 2.45) is 5.73 Å². The van der Waals surface area contributed by atoms with E-state index in [0.29, 0.717) is 0 Å². The fourth-order valence-corrected chi connectivity index (χ4v) is 3.16. The molecule has 0 saturated carbocycles. The van der Waals surface area contributed by atoms with Crippen LogP contribution in [0.5, 0.6) is 0 Å². The third kappa shape index (κ3) is 2.51. The number of aryl methyl sites for hydroxylation is 2. The lowest BCUT2D eigenvalue weighted by Gasteiger charge is -2.28. The van der Waals surface area contributed by atoms with E-state index in [1.54, 1.807) is 0 Å². The summed E-state index contributed by atoms with van der Waals surface area (Å²) in [7, 11) is 0. The number of para-hydroxylation sites is 2. The maximum absolute atomic E-state index is 7.88. The van der Waals surface area contributed by atoms with E-state index in [1.165, 1.54) is 23.2 Å². The number of hydrogen-bond acceptors (Lipinski definition) is 2. The van der Waals surface area contributed by atoms with Crippen LogP contribution in [0.4, 0.5) is 11.4 Å². The van der Waals surface area contributed by atoms with Gasteiger partial charge in [0.05, 0.1) is 5.69 Å². The number of hydrogen-bond donors (Lipinski definition) is 2. The van der Waals surface area contributed by atoms with Crippen molar-refractivity contribution in [3.05, 3.63) is 59.2 Å². The minimum Gasteiger partial charge on any atom is -0.384 e. The SMILES string of the molecule is Cc1cccc(C(=N)N)c1N1CCCCc2ccccc21. The van der Waals surface area contributed by atoms with E-state index in [-0.39, 0.29) is 5.84 Å². The Bertz CT molecular complexity index is 676. The molecule has 0 amide bonds. The van der Waals surface area contributed by atoms with Gasteiger partial charge < -0.3 is 10.6 Å². The highest BCUT2D eigenvalue weighted by Gasteiger charge is 2.21. The van der Waals surface area contributed by atoms with Gasteiger partial charge in [0, 0.05) is 17.8 Å². The van der Waals surface area contributed by atoms with Crippen molar-refractivity contribution < 1.29 is 0 Å². The van der Waals surface area contributed by atoms with E-state index >= 15 is 0 Å². The van der Waals surface area contributed by atoms with Gasteiger partial charge in [-0.2, -0.15) is 0 Å². The van der Waals surface area contributed by atoms with Crippen LogP contribution in [-0.4, -0.2) is 12.4 Å². The van der Waals surface area contributed by atoms with Crippen molar-refractivity contribution in [3.8, 4) is 0 Å². The van der Waals surface area contributed by atoms with Crippen molar-refractivity contribution in [3.63, 3.8) is 0 Å². The summed E-state index contributed by atoms with van der Waals surface area (Å²) in [5.74, 6) is 0.135. The first-order valence-corrected chi connectivity index (χ1v) is 7.48. The predicted octanol–water partition coefficient (Wildman–Crippen LogP) is 3.75. The molecule has 3 heteroatoms. The number of anilines is 2. The lowest BCUT2D eigenvalue weighted by atomic mass is 10.0. The van der Waals surface area contributed by atoms with Gasteiger partial charge in [-0.25, -0.2) is 0 Å². The van der Waals surface area contributed by atoms with Crippen LogP contribution < -0.4 is 10.6 Å². The Balaban J connectivity index is 2.19. The Morgan fingerprint density at radius 2 is 1.90 bits per heavy atom. The van der Waals surface area contributed by atoms with Crippen LogP contribution in [0.15, 0.2) is 42.5 Å². The highest BCUT2D eigenvalue weighted by atomic mass is 15.1. The molecular formula is C18H21N3. The molecule has 0 aromatic heterocycles. The van der Waals surface area contributed by atoms with Gasteiger partial charge in [0.2, 0.25) is 0 Å². The molecule has 2 aromatic carbocycles. The fraction of sp³-hybridized carbons (Fsp3) is 0.278. The number of amidine groups is 1. The molecule has 0 atom stereocenters. The second-order valence-corrected chi connectivity index (χ2v) is 5.62. The van der Waals surface area contributed by atoms with Gasteiger partial charge in [0.15, 0.2) is 0 Å². The molecule has 21 heavy (non-hydrogen) atoms. The first-order valence-electron chi connectivity index (χ1n) is 7.48. The Kier molecular flexibility index (Phi) is 3.65. The number of nitrogens with zero attached hydrogens (tertiary/aromatic N) is 1. The maximum atomic E-state index is 7.88. The Labute approximate surface area is 125 Å². The summed E-state index contributed by atoms with van der Waals surface area (Å²) in [6.45, 7) is 3.07. The van der Waals surface area contributed by atoms with E-state index in [0.717, 1.165) is 30.6 Å². The zero-order valence-electron chi connectivity index (χ0n) is 12.4. The normalized spacial score (nSPS) is 14.4. The fourth-order valence-electron chi connectivity index (χ4n) is 3.16. The molecule has 0 aliphatic carbocycles. The topological polar surface area (TPSA) is 53.1 Å². The smallest absolute Gasteiger partial charge is 0.124 e. The van der Waals surface area contributed by atoms with Crippen molar-refractivity contribution in [2.45, 2.75) is 26.2 Å². The number of nitrogen functional groups attached to an aromatic ring is 1. The quantitative estimate of drug-likeness (QED) is 0.649. The van der Waals surface area contributed by atoms with Crippen LogP contribution in [0.2, 0.25) is 0 Å². The van der Waals surface area contributed by atoms with Gasteiger partial charge in [0.25, 0.3) is 0 Å². The molecule has 1 heterocycles. The lowest BCUT2D eigenvalue weighted by molar-refractivity contribution is 0.760. The van der Waals surface area contributed by atoms with Crippen molar-refractivity contribution in [2.75, 3.05) is 11.4 Å². The van der Waals surface area contributed by atoms with E-state index in [4.69, 9.17) is 11.1 Å². The van der Waals surface area contributed by atoms with Crippen LogP contribution in [0.3, 0.4) is 0 Å². The van der Waals surface area contributed by atoms with Gasteiger partial charge in [-0.3, -0.25) is 5.41 Å². The van der Waals surface area contributed by atoms with E-state index in [1.807, 2.05) is 12.1 Å². The minimum atomic E-state index is 0.135. The third-order valence-corrected chi connectivity index (χ3v) is 4.16. The monoisotopic (exact) mass is 279 g/mol. The molecule has 0 spiro atoms. The van der Waals surface area contributed by atoms with Gasteiger partial charge in [0.1, 0.15) is 5.84 Å².